The molecule has 0 saturated heterocycles. The maximum Gasteiger partial charge on any atom is 2.00 e. The Balaban J connectivity index is 0.000000240. The van der Waals surface area contributed by atoms with E-state index in [0.717, 1.165) is 25.2 Å². The van der Waals surface area contributed by atoms with Gasteiger partial charge in [0.25, 0.3) is 0 Å². The molecule has 0 aromatic rings. The summed E-state index contributed by atoms with van der Waals surface area (Å²) >= 11 is 0. The van der Waals surface area contributed by atoms with Gasteiger partial charge in [-0.25, -0.2) is 0 Å². The second-order valence-electron chi connectivity index (χ2n) is 11.2. The minimum atomic E-state index is 0. The zero-order valence-corrected chi connectivity index (χ0v) is 24.1. The first-order chi connectivity index (χ1) is 16.8. The Bertz CT molecular complexity index is 507. The van der Waals surface area contributed by atoms with E-state index >= 15 is 0 Å². The molecule has 4 rings (SSSR count). The molecule has 0 amide bonds. The van der Waals surface area contributed by atoms with Crippen LogP contribution in [0, 0.1) is 0 Å². The van der Waals surface area contributed by atoms with Gasteiger partial charge in [0.05, 0.1) is 0 Å². The third kappa shape index (κ3) is 11.6. The molecular weight excluding hydrogens is 472 g/mol. The van der Waals surface area contributed by atoms with E-state index < -0.39 is 0 Å². The topological polar surface area (TPSA) is 31.2 Å². The fourth-order valence-corrected chi connectivity index (χ4v) is 6.34. The summed E-state index contributed by atoms with van der Waals surface area (Å²) in [6, 6.07) is 2.59. The molecule has 0 N–H and O–H groups in total. The molecule has 4 saturated carbocycles. The largest absolute Gasteiger partial charge is 2.00 e. The Morgan fingerprint density at radius 1 is 0.486 bits per heavy atom. The summed E-state index contributed by atoms with van der Waals surface area (Å²) in [6.07, 6.45) is 34.0. The van der Waals surface area contributed by atoms with Crippen LogP contribution in [0.25, 0.3) is 0 Å². The van der Waals surface area contributed by atoms with Crippen molar-refractivity contribution in [2.75, 3.05) is 13.1 Å². The van der Waals surface area contributed by atoms with Crippen molar-refractivity contribution in [1.29, 1.82) is 0 Å². The van der Waals surface area contributed by atoms with Gasteiger partial charge in [-0.05, 0) is 76.5 Å². The van der Waals surface area contributed by atoms with Crippen LogP contribution in [0.3, 0.4) is 0 Å². The molecule has 0 aromatic carbocycles. The van der Waals surface area contributed by atoms with Crippen molar-refractivity contribution in [2.24, 2.45) is 9.98 Å². The predicted molar refractivity (Wildman–Crippen MR) is 147 cm³/mol. The zero-order chi connectivity index (χ0) is 23.8. The van der Waals surface area contributed by atoms with E-state index in [9.17, 15) is 0 Å². The second kappa shape index (κ2) is 18.7. The summed E-state index contributed by atoms with van der Waals surface area (Å²) in [5.41, 5.74) is 0. The van der Waals surface area contributed by atoms with Crippen molar-refractivity contribution in [2.45, 2.75) is 166 Å². The quantitative estimate of drug-likeness (QED) is 0.106. The molecule has 5 heteroatoms. The van der Waals surface area contributed by atoms with Crippen LogP contribution in [0.4, 0.5) is 0 Å². The average Bonchev–Trinajstić information content (AvgIpc) is 2.92. The van der Waals surface area contributed by atoms with E-state index in [4.69, 9.17) is 9.98 Å². The monoisotopic (exact) mass is 526 g/mol. The molecule has 0 aliphatic heterocycles. The summed E-state index contributed by atoms with van der Waals surface area (Å²) in [7, 11) is 0. The number of aliphatic imine (C=N–C) groups is 2. The average molecular weight is 527 g/mol. The maximum atomic E-state index is 4.71. The molecule has 0 bridgehead atoms. The third-order valence-electron chi connectivity index (χ3n) is 8.60. The van der Waals surface area contributed by atoms with Crippen LogP contribution in [0.5, 0.6) is 0 Å². The van der Waals surface area contributed by atoms with Crippen LogP contribution in [-0.2, 0) is 17.1 Å². The van der Waals surface area contributed by atoms with Gasteiger partial charge in [0.1, 0.15) is 0 Å². The van der Waals surface area contributed by atoms with Gasteiger partial charge in [-0.1, -0.05) is 90.9 Å². The Morgan fingerprint density at radius 2 is 0.771 bits per heavy atom. The van der Waals surface area contributed by atoms with Gasteiger partial charge in [0, 0.05) is 12.1 Å². The third-order valence-corrected chi connectivity index (χ3v) is 8.60. The van der Waals surface area contributed by atoms with E-state index in [1.807, 2.05) is 0 Å². The molecule has 4 fully saturated rings. The van der Waals surface area contributed by atoms with Crippen LogP contribution in [0.1, 0.15) is 142 Å². The van der Waals surface area contributed by atoms with Crippen LogP contribution >= 0.6 is 0 Å². The molecular formula is C30H54FeN4. The standard InChI is InChI=1S/2C15H27N2.Fe/c2*1-2-17(15-11-7-4-8-12-15)13-16-14-9-5-3-6-10-14;/h2*14-15H,2-12H2,1H3;/q2*-1;+2. The van der Waals surface area contributed by atoms with Gasteiger partial charge in [-0.15, -0.1) is 0 Å². The van der Waals surface area contributed by atoms with E-state index in [1.165, 1.54) is 128 Å². The van der Waals surface area contributed by atoms with E-state index in [1.54, 1.807) is 0 Å². The smallest absolute Gasteiger partial charge is 0.535 e. The van der Waals surface area contributed by atoms with Gasteiger partial charge in [-0.3, -0.25) is 12.7 Å². The van der Waals surface area contributed by atoms with Crippen LogP contribution in [-0.4, -0.2) is 59.7 Å². The molecule has 4 aliphatic carbocycles. The fourth-order valence-electron chi connectivity index (χ4n) is 6.34. The minimum absolute atomic E-state index is 0. The van der Waals surface area contributed by atoms with Gasteiger partial charge in [0.15, 0.2) is 0 Å². The van der Waals surface area contributed by atoms with Gasteiger partial charge in [-0.2, -0.15) is 0 Å². The zero-order valence-electron chi connectivity index (χ0n) is 23.0. The SMILES string of the molecule is CCN([C-]=NC1CCCCC1)C1CCCCC1.CCN([C-]=NC1CCCCC1)C1CCCCC1.[Fe+2]. The Kier molecular flexibility index (Phi) is 16.4. The van der Waals surface area contributed by atoms with Crippen molar-refractivity contribution in [3.8, 4) is 0 Å². The normalized spacial score (nSPS) is 23.6. The minimum Gasteiger partial charge on any atom is -0.535 e. The van der Waals surface area contributed by atoms with Crippen LogP contribution in [0.2, 0.25) is 0 Å². The van der Waals surface area contributed by atoms with E-state index in [2.05, 4.69) is 36.3 Å². The predicted octanol–water partition coefficient (Wildman–Crippen LogP) is 7.76. The molecule has 0 unspecified atom stereocenters. The molecule has 4 aliphatic rings. The van der Waals surface area contributed by atoms with Crippen molar-refractivity contribution in [1.82, 2.24) is 9.80 Å². The molecule has 0 spiro atoms. The first-order valence-electron chi connectivity index (χ1n) is 15.2. The fraction of sp³-hybridized carbons (Fsp3) is 0.933. The first kappa shape index (κ1) is 30.7. The summed E-state index contributed by atoms with van der Waals surface area (Å²) in [4.78, 5) is 14.1. The molecule has 0 atom stereocenters. The summed E-state index contributed by atoms with van der Waals surface area (Å²) in [5.74, 6) is 0. The number of nitrogens with zero attached hydrogens (tertiary/aromatic N) is 4. The number of rotatable bonds is 8. The molecule has 35 heavy (non-hydrogen) atoms. The first-order valence-corrected chi connectivity index (χ1v) is 15.2. The number of hydrogen-bond acceptors (Lipinski definition) is 2. The Morgan fingerprint density at radius 3 is 1.06 bits per heavy atom. The van der Waals surface area contributed by atoms with E-state index in [0.29, 0.717) is 12.1 Å². The van der Waals surface area contributed by atoms with Crippen molar-refractivity contribution < 1.29 is 17.1 Å². The Hall–Kier alpha value is -0.541. The van der Waals surface area contributed by atoms with Gasteiger partial charge in [0.2, 0.25) is 0 Å². The molecule has 0 heterocycles. The van der Waals surface area contributed by atoms with Crippen LogP contribution < -0.4 is 0 Å². The summed E-state index contributed by atoms with van der Waals surface area (Å²) < 4.78 is 0. The molecule has 0 aromatic heterocycles. The Labute approximate surface area is 228 Å². The number of hydrogen-bond donors (Lipinski definition) is 0. The van der Waals surface area contributed by atoms with Crippen molar-refractivity contribution >= 4 is 12.7 Å². The van der Waals surface area contributed by atoms with Crippen LogP contribution in [0.15, 0.2) is 9.98 Å². The molecule has 202 valence electrons. The van der Waals surface area contributed by atoms with Gasteiger partial charge < -0.3 is 19.8 Å². The second-order valence-corrected chi connectivity index (χ2v) is 11.2. The molecule has 4 nitrogen and oxygen atoms in total. The van der Waals surface area contributed by atoms with Gasteiger partial charge >= 0.3 is 17.1 Å². The molecule has 0 radical (unpaired) electrons. The summed E-state index contributed by atoms with van der Waals surface area (Å²) in [5, 5.41) is 0. The van der Waals surface area contributed by atoms with Crippen molar-refractivity contribution in [3.63, 3.8) is 0 Å². The van der Waals surface area contributed by atoms with E-state index in [-0.39, 0.29) is 17.1 Å². The summed E-state index contributed by atoms with van der Waals surface area (Å²) in [6.45, 7) is 6.61. The van der Waals surface area contributed by atoms with Crippen molar-refractivity contribution in [3.05, 3.63) is 0 Å². The maximum absolute atomic E-state index is 4.71.